The minimum Gasteiger partial charge on any atom is -0.338 e. The molecule has 1 aromatic rings. The number of sulfonamides is 1. The number of nitrogens with zero attached hydrogens (tertiary/aromatic N) is 1. The first-order valence-electron chi connectivity index (χ1n) is 7.87. The third kappa shape index (κ3) is 2.88. The number of fused-ring (bicyclic) bond motifs is 1. The fourth-order valence-electron chi connectivity index (χ4n) is 3.86. The highest BCUT2D eigenvalue weighted by Crippen LogP contribution is 2.38. The zero-order valence-corrected chi connectivity index (χ0v) is 14.3. The average Bonchev–Trinajstić information content (AvgIpc) is 3.02. The number of primary sulfonamides is 1. The summed E-state index contributed by atoms with van der Waals surface area (Å²) in [6.45, 7) is 4.98. The molecular formula is C16H23N3O3S. The minimum absolute atomic E-state index is 0.0138. The van der Waals surface area contributed by atoms with Crippen molar-refractivity contribution in [1.82, 2.24) is 4.90 Å². The Morgan fingerprint density at radius 3 is 2.52 bits per heavy atom. The molecule has 3 rings (SSSR count). The number of likely N-dealkylation sites (tertiary alicyclic amines) is 1. The first-order valence-corrected chi connectivity index (χ1v) is 9.42. The fraction of sp³-hybridized carbons (Fsp3) is 0.562. The van der Waals surface area contributed by atoms with E-state index in [0.717, 1.165) is 24.0 Å². The zero-order valence-electron chi connectivity index (χ0n) is 13.5. The van der Waals surface area contributed by atoms with Crippen molar-refractivity contribution < 1.29 is 13.2 Å². The summed E-state index contributed by atoms with van der Waals surface area (Å²) in [5, 5.41) is 5.22. The third-order valence-electron chi connectivity index (χ3n) is 5.40. The van der Waals surface area contributed by atoms with Gasteiger partial charge in [-0.2, -0.15) is 0 Å². The van der Waals surface area contributed by atoms with Gasteiger partial charge in [-0.15, -0.1) is 0 Å². The van der Waals surface area contributed by atoms with E-state index < -0.39 is 10.0 Å². The largest absolute Gasteiger partial charge is 0.338 e. The van der Waals surface area contributed by atoms with Gasteiger partial charge in [0.2, 0.25) is 10.0 Å². The maximum Gasteiger partial charge on any atom is 0.254 e. The van der Waals surface area contributed by atoms with Crippen LogP contribution in [0.15, 0.2) is 17.0 Å². The molecule has 3 atom stereocenters. The molecular weight excluding hydrogens is 314 g/mol. The van der Waals surface area contributed by atoms with Crippen LogP contribution in [0.25, 0.3) is 0 Å². The Balaban J connectivity index is 1.93. The normalized spacial score (nSPS) is 27.3. The summed E-state index contributed by atoms with van der Waals surface area (Å²) in [7, 11) is -3.84. The van der Waals surface area contributed by atoms with Crippen LogP contribution in [0, 0.1) is 25.7 Å². The number of aryl methyl sites for hydroxylation is 1. The van der Waals surface area contributed by atoms with Gasteiger partial charge in [0.05, 0.1) is 4.90 Å². The molecule has 4 N–H and O–H groups in total. The molecule has 1 saturated carbocycles. The summed E-state index contributed by atoms with van der Waals surface area (Å²) < 4.78 is 23.3. The number of benzene rings is 1. The molecule has 126 valence electrons. The van der Waals surface area contributed by atoms with E-state index >= 15 is 0 Å². The van der Waals surface area contributed by atoms with Crippen LogP contribution >= 0.6 is 0 Å². The standard InChI is InChI=1S/C16H23N3O3S/c1-9-5-12(23(18,21)22)6-13(10(9)2)16(20)19-7-11-3-4-15(17)14(11)8-19/h5-6,11,14-15H,3-4,7-8,17H2,1-2H3,(H2,18,21,22). The predicted molar refractivity (Wildman–Crippen MR) is 87.4 cm³/mol. The van der Waals surface area contributed by atoms with Gasteiger partial charge in [0.1, 0.15) is 0 Å². The number of amides is 1. The molecule has 1 amide bonds. The van der Waals surface area contributed by atoms with Crippen molar-refractivity contribution in [3.63, 3.8) is 0 Å². The summed E-state index contributed by atoms with van der Waals surface area (Å²) in [4.78, 5) is 14.7. The van der Waals surface area contributed by atoms with Crippen molar-refractivity contribution >= 4 is 15.9 Å². The van der Waals surface area contributed by atoms with E-state index in [0.29, 0.717) is 30.5 Å². The van der Waals surface area contributed by atoms with Crippen molar-refractivity contribution in [1.29, 1.82) is 0 Å². The lowest BCUT2D eigenvalue weighted by molar-refractivity contribution is 0.0778. The molecule has 2 aliphatic rings. The molecule has 1 aliphatic carbocycles. The summed E-state index contributed by atoms with van der Waals surface area (Å²) in [6, 6.07) is 3.07. The Hall–Kier alpha value is -1.44. The maximum atomic E-state index is 12.9. The molecule has 2 fully saturated rings. The lowest BCUT2D eigenvalue weighted by Gasteiger charge is -2.21. The Bertz CT molecular complexity index is 760. The van der Waals surface area contributed by atoms with Gasteiger partial charge in [0.15, 0.2) is 0 Å². The minimum atomic E-state index is -3.84. The second kappa shape index (κ2) is 5.58. The van der Waals surface area contributed by atoms with Gasteiger partial charge < -0.3 is 10.6 Å². The van der Waals surface area contributed by atoms with Crippen molar-refractivity contribution in [2.75, 3.05) is 13.1 Å². The molecule has 7 heteroatoms. The number of nitrogens with two attached hydrogens (primary N) is 2. The van der Waals surface area contributed by atoms with Crippen molar-refractivity contribution in [3.05, 3.63) is 28.8 Å². The van der Waals surface area contributed by atoms with Crippen molar-refractivity contribution in [2.24, 2.45) is 22.7 Å². The average molecular weight is 337 g/mol. The molecule has 0 spiro atoms. The highest BCUT2D eigenvalue weighted by atomic mass is 32.2. The van der Waals surface area contributed by atoms with Crippen LogP contribution < -0.4 is 10.9 Å². The van der Waals surface area contributed by atoms with Crippen LogP contribution in [-0.2, 0) is 10.0 Å². The topological polar surface area (TPSA) is 106 Å². The van der Waals surface area contributed by atoms with Gasteiger partial charge in [0, 0.05) is 24.7 Å². The number of hydrogen-bond donors (Lipinski definition) is 2. The molecule has 1 aliphatic heterocycles. The van der Waals surface area contributed by atoms with E-state index in [1.54, 1.807) is 6.92 Å². The highest BCUT2D eigenvalue weighted by Gasteiger charge is 2.42. The zero-order chi connectivity index (χ0) is 16.9. The molecule has 3 unspecified atom stereocenters. The van der Waals surface area contributed by atoms with E-state index in [9.17, 15) is 13.2 Å². The molecule has 1 saturated heterocycles. The number of rotatable bonds is 2. The summed E-state index contributed by atoms with van der Waals surface area (Å²) in [5.41, 5.74) is 8.08. The van der Waals surface area contributed by atoms with Crippen LogP contribution in [0.2, 0.25) is 0 Å². The molecule has 1 heterocycles. The van der Waals surface area contributed by atoms with Gasteiger partial charge in [-0.3, -0.25) is 4.79 Å². The van der Waals surface area contributed by atoms with Crippen LogP contribution in [0.4, 0.5) is 0 Å². The molecule has 0 aromatic heterocycles. The number of hydrogen-bond acceptors (Lipinski definition) is 4. The Morgan fingerprint density at radius 2 is 1.91 bits per heavy atom. The van der Waals surface area contributed by atoms with Gasteiger partial charge in [-0.25, -0.2) is 13.6 Å². The Kier molecular flexibility index (Phi) is 3.98. The number of carbonyl (C=O) groups excluding carboxylic acids is 1. The lowest BCUT2D eigenvalue weighted by atomic mass is 9.98. The summed E-state index contributed by atoms with van der Waals surface area (Å²) in [6.07, 6.45) is 2.08. The van der Waals surface area contributed by atoms with E-state index in [1.807, 2.05) is 11.8 Å². The molecule has 23 heavy (non-hydrogen) atoms. The lowest BCUT2D eigenvalue weighted by Crippen LogP contribution is -2.34. The molecule has 6 nitrogen and oxygen atoms in total. The molecule has 0 bridgehead atoms. The second-order valence-electron chi connectivity index (χ2n) is 6.83. The Morgan fingerprint density at radius 1 is 1.22 bits per heavy atom. The first-order chi connectivity index (χ1) is 10.7. The van der Waals surface area contributed by atoms with Crippen LogP contribution in [0.1, 0.15) is 34.3 Å². The SMILES string of the molecule is Cc1cc(S(N)(=O)=O)cc(C(=O)N2CC3CCC(N)C3C2)c1C. The monoisotopic (exact) mass is 337 g/mol. The van der Waals surface area contributed by atoms with Gasteiger partial charge in [-0.05, 0) is 61.8 Å². The van der Waals surface area contributed by atoms with Crippen molar-refractivity contribution in [3.8, 4) is 0 Å². The van der Waals surface area contributed by atoms with E-state index in [4.69, 9.17) is 10.9 Å². The van der Waals surface area contributed by atoms with E-state index in [-0.39, 0.29) is 16.8 Å². The third-order valence-corrected chi connectivity index (χ3v) is 6.29. The summed E-state index contributed by atoms with van der Waals surface area (Å²) >= 11 is 0. The van der Waals surface area contributed by atoms with E-state index in [1.165, 1.54) is 12.1 Å². The number of carbonyl (C=O) groups is 1. The van der Waals surface area contributed by atoms with Crippen LogP contribution in [0.5, 0.6) is 0 Å². The van der Waals surface area contributed by atoms with Gasteiger partial charge in [-0.1, -0.05) is 0 Å². The quantitative estimate of drug-likeness (QED) is 0.831. The smallest absolute Gasteiger partial charge is 0.254 e. The van der Waals surface area contributed by atoms with E-state index in [2.05, 4.69) is 0 Å². The first kappa shape index (κ1) is 16.4. The maximum absolute atomic E-state index is 12.9. The van der Waals surface area contributed by atoms with Crippen LogP contribution in [0.3, 0.4) is 0 Å². The van der Waals surface area contributed by atoms with Gasteiger partial charge >= 0.3 is 0 Å². The predicted octanol–water partition coefficient (Wildman–Crippen LogP) is 0.760. The summed E-state index contributed by atoms with van der Waals surface area (Å²) in [5.74, 6) is 0.705. The molecule has 1 aromatic carbocycles. The van der Waals surface area contributed by atoms with Crippen LogP contribution in [-0.4, -0.2) is 38.4 Å². The highest BCUT2D eigenvalue weighted by molar-refractivity contribution is 7.89. The fourth-order valence-corrected chi connectivity index (χ4v) is 4.48. The van der Waals surface area contributed by atoms with Crippen molar-refractivity contribution in [2.45, 2.75) is 37.6 Å². The van der Waals surface area contributed by atoms with Gasteiger partial charge in [0.25, 0.3) is 5.91 Å². The second-order valence-corrected chi connectivity index (χ2v) is 8.39. The Labute approximate surface area is 136 Å². The molecule has 0 radical (unpaired) electrons.